The van der Waals surface area contributed by atoms with Crippen LogP contribution in [0.15, 0.2) is 41.4 Å². The van der Waals surface area contributed by atoms with Crippen molar-refractivity contribution in [3.8, 4) is 17.2 Å². The average molecular weight is 537 g/mol. The van der Waals surface area contributed by atoms with Gasteiger partial charge < -0.3 is 25.3 Å². The highest BCUT2D eigenvalue weighted by Crippen LogP contribution is 2.41. The summed E-state index contributed by atoms with van der Waals surface area (Å²) in [7, 11) is 0. The molecule has 0 radical (unpaired) electrons. The van der Waals surface area contributed by atoms with Crippen LogP contribution in [0, 0.1) is 0 Å². The van der Waals surface area contributed by atoms with Gasteiger partial charge in [-0.15, -0.1) is 0 Å². The SMILES string of the molecule is CC.CCOc1ccc2cc1CN1C(=O)CC(CCCOc3ccc4c(c3)C(CC(C)(C)O4)NC2=O)N=C1N. The van der Waals surface area contributed by atoms with Gasteiger partial charge in [-0.2, -0.15) is 0 Å². The van der Waals surface area contributed by atoms with Crippen molar-refractivity contribution >= 4 is 17.8 Å². The fourth-order valence-electron chi connectivity index (χ4n) is 5.19. The van der Waals surface area contributed by atoms with Gasteiger partial charge in [0, 0.05) is 29.5 Å². The lowest BCUT2D eigenvalue weighted by Gasteiger charge is -2.38. The summed E-state index contributed by atoms with van der Waals surface area (Å²) in [5.74, 6) is 1.92. The van der Waals surface area contributed by atoms with E-state index >= 15 is 0 Å². The van der Waals surface area contributed by atoms with Gasteiger partial charge in [-0.1, -0.05) is 13.8 Å². The van der Waals surface area contributed by atoms with Crippen molar-refractivity contribution in [2.24, 2.45) is 10.7 Å². The fourth-order valence-corrected chi connectivity index (χ4v) is 5.19. The molecular formula is C30H40N4O5. The van der Waals surface area contributed by atoms with E-state index in [9.17, 15) is 9.59 Å². The molecule has 0 aromatic heterocycles. The zero-order valence-corrected chi connectivity index (χ0v) is 23.6. The van der Waals surface area contributed by atoms with Crippen molar-refractivity contribution < 1.29 is 23.8 Å². The van der Waals surface area contributed by atoms with E-state index in [4.69, 9.17) is 19.9 Å². The zero-order valence-electron chi connectivity index (χ0n) is 23.6. The van der Waals surface area contributed by atoms with Gasteiger partial charge in [0.15, 0.2) is 5.96 Å². The van der Waals surface area contributed by atoms with Gasteiger partial charge in [-0.05, 0) is 70.0 Å². The Hall–Kier alpha value is -3.75. The Morgan fingerprint density at radius 2 is 1.97 bits per heavy atom. The molecule has 4 aliphatic rings. The number of rotatable bonds is 2. The van der Waals surface area contributed by atoms with E-state index < -0.39 is 5.60 Å². The summed E-state index contributed by atoms with van der Waals surface area (Å²) in [5, 5.41) is 3.19. The second kappa shape index (κ2) is 12.0. The highest BCUT2D eigenvalue weighted by atomic mass is 16.5. The number of carbonyl (C=O) groups excluding carboxylic acids is 2. The van der Waals surface area contributed by atoms with E-state index in [1.165, 1.54) is 4.90 Å². The predicted octanol–water partition coefficient (Wildman–Crippen LogP) is 4.73. The second-order valence-electron chi connectivity index (χ2n) is 10.4. The third kappa shape index (κ3) is 6.46. The first-order valence-electron chi connectivity index (χ1n) is 13.9. The molecule has 0 saturated heterocycles. The number of carbonyl (C=O) groups is 2. The molecule has 3 N–H and O–H groups in total. The van der Waals surface area contributed by atoms with Crippen molar-refractivity contribution in [2.45, 2.75) is 84.5 Å². The number of nitrogens with zero attached hydrogens (tertiary/aromatic N) is 2. The Morgan fingerprint density at radius 3 is 2.72 bits per heavy atom. The van der Waals surface area contributed by atoms with Crippen LogP contribution in [0.3, 0.4) is 0 Å². The van der Waals surface area contributed by atoms with Gasteiger partial charge in [0.05, 0.1) is 31.8 Å². The monoisotopic (exact) mass is 536 g/mol. The summed E-state index contributed by atoms with van der Waals surface area (Å²) >= 11 is 0. The molecule has 2 aromatic carbocycles. The number of hydrogen-bond acceptors (Lipinski definition) is 7. The lowest BCUT2D eigenvalue weighted by Crippen LogP contribution is -2.46. The molecule has 4 heterocycles. The molecule has 6 rings (SSSR count). The molecule has 2 aromatic rings. The molecule has 2 unspecified atom stereocenters. The van der Waals surface area contributed by atoms with E-state index in [0.29, 0.717) is 48.7 Å². The molecule has 6 bridgehead atoms. The summed E-state index contributed by atoms with van der Waals surface area (Å²) in [6, 6.07) is 10.6. The van der Waals surface area contributed by atoms with Gasteiger partial charge in [-0.25, -0.2) is 4.99 Å². The van der Waals surface area contributed by atoms with E-state index in [1.54, 1.807) is 18.2 Å². The molecule has 2 amide bonds. The number of benzene rings is 2. The van der Waals surface area contributed by atoms with Crippen LogP contribution < -0.4 is 25.3 Å². The molecule has 4 aliphatic heterocycles. The van der Waals surface area contributed by atoms with Crippen LogP contribution in [0.25, 0.3) is 0 Å². The van der Waals surface area contributed by atoms with Crippen LogP contribution >= 0.6 is 0 Å². The molecule has 9 nitrogen and oxygen atoms in total. The fraction of sp³-hybridized carbons (Fsp3) is 0.500. The number of hydrogen-bond donors (Lipinski definition) is 2. The molecule has 0 saturated carbocycles. The number of aliphatic imine (C=N–C) groups is 1. The molecule has 0 spiro atoms. The van der Waals surface area contributed by atoms with Crippen molar-refractivity contribution in [3.63, 3.8) is 0 Å². The largest absolute Gasteiger partial charge is 0.494 e. The smallest absolute Gasteiger partial charge is 0.251 e. The Morgan fingerprint density at radius 1 is 1.18 bits per heavy atom. The summed E-state index contributed by atoms with van der Waals surface area (Å²) in [4.78, 5) is 32.5. The highest BCUT2D eigenvalue weighted by Gasteiger charge is 2.35. The van der Waals surface area contributed by atoms with Crippen LogP contribution in [0.1, 0.15) is 87.8 Å². The molecular weight excluding hydrogens is 496 g/mol. The maximum absolute atomic E-state index is 13.5. The van der Waals surface area contributed by atoms with Gasteiger partial charge in [0.1, 0.15) is 22.8 Å². The standard InChI is InChI=1S/C28H34N4O5.C2H6/c1-4-35-23-9-7-17-12-18(23)16-32-25(33)13-19(30-27(32)29)6-5-11-36-20-8-10-24-21(14-20)22(31-26(17)34)15-28(2,3)37-24;1-2/h7-10,12,14,19,22H,4-6,11,13,15-16H2,1-3H3,(H2,29,30)(H,31,34);1-2H3. The summed E-state index contributed by atoms with van der Waals surface area (Å²) in [6.45, 7) is 11.0. The lowest BCUT2D eigenvalue weighted by molar-refractivity contribution is -0.129. The number of nitrogens with two attached hydrogens (primary N) is 1. The van der Waals surface area contributed by atoms with E-state index in [1.807, 2.05) is 52.8 Å². The number of fused-ring (bicyclic) bond motifs is 5. The van der Waals surface area contributed by atoms with E-state index in [0.717, 1.165) is 17.7 Å². The van der Waals surface area contributed by atoms with Gasteiger partial charge in [-0.3, -0.25) is 14.5 Å². The summed E-state index contributed by atoms with van der Waals surface area (Å²) in [6.07, 6.45) is 2.31. The summed E-state index contributed by atoms with van der Waals surface area (Å²) in [5.41, 5.74) is 7.85. The normalized spacial score (nSPS) is 22.1. The second-order valence-corrected chi connectivity index (χ2v) is 10.4. The third-order valence-electron chi connectivity index (χ3n) is 6.95. The lowest BCUT2D eigenvalue weighted by atomic mass is 9.89. The molecule has 0 aliphatic carbocycles. The van der Waals surface area contributed by atoms with E-state index in [2.05, 4.69) is 10.3 Å². The molecule has 0 fully saturated rings. The first-order chi connectivity index (χ1) is 18.7. The number of guanidine groups is 1. The topological polar surface area (TPSA) is 115 Å². The Bertz CT molecular complexity index is 1240. The molecule has 210 valence electrons. The average Bonchev–Trinajstić information content (AvgIpc) is 2.90. The van der Waals surface area contributed by atoms with Crippen LogP contribution in [0.2, 0.25) is 0 Å². The molecule has 9 heteroatoms. The molecule has 39 heavy (non-hydrogen) atoms. The third-order valence-corrected chi connectivity index (χ3v) is 6.95. The Balaban J connectivity index is 0.00000172. The van der Waals surface area contributed by atoms with Crippen LogP contribution in [0.5, 0.6) is 17.2 Å². The first-order valence-corrected chi connectivity index (χ1v) is 13.9. The predicted molar refractivity (Wildman–Crippen MR) is 150 cm³/mol. The number of ether oxygens (including phenoxy) is 3. The van der Waals surface area contributed by atoms with Crippen molar-refractivity contribution in [1.82, 2.24) is 10.2 Å². The minimum absolute atomic E-state index is 0.0958. The zero-order chi connectivity index (χ0) is 28.2. The van der Waals surface area contributed by atoms with Gasteiger partial charge >= 0.3 is 0 Å². The van der Waals surface area contributed by atoms with E-state index in [-0.39, 0.29) is 42.8 Å². The Labute approximate surface area is 230 Å². The van der Waals surface area contributed by atoms with Crippen molar-refractivity contribution in [1.29, 1.82) is 0 Å². The highest BCUT2D eigenvalue weighted by molar-refractivity contribution is 5.99. The number of nitrogens with one attached hydrogen (secondary N) is 1. The molecule has 2 atom stereocenters. The minimum atomic E-state index is -0.446. The number of amides is 2. The van der Waals surface area contributed by atoms with Crippen LogP contribution in [0.4, 0.5) is 0 Å². The van der Waals surface area contributed by atoms with Gasteiger partial charge in [0.2, 0.25) is 5.91 Å². The minimum Gasteiger partial charge on any atom is -0.494 e. The maximum Gasteiger partial charge on any atom is 0.251 e. The Kier molecular flexibility index (Phi) is 8.67. The van der Waals surface area contributed by atoms with Gasteiger partial charge in [0.25, 0.3) is 5.91 Å². The van der Waals surface area contributed by atoms with Crippen molar-refractivity contribution in [2.75, 3.05) is 13.2 Å². The van der Waals surface area contributed by atoms with Crippen LogP contribution in [-0.4, -0.2) is 47.5 Å². The maximum atomic E-state index is 13.5. The first kappa shape index (κ1) is 28.3. The quantitative estimate of drug-likeness (QED) is 0.573. The van der Waals surface area contributed by atoms with Crippen molar-refractivity contribution in [3.05, 3.63) is 53.1 Å². The van der Waals surface area contributed by atoms with Crippen LogP contribution in [-0.2, 0) is 11.3 Å². The summed E-state index contributed by atoms with van der Waals surface area (Å²) < 4.78 is 18.0.